The molecule has 3 rings (SSSR count). The van der Waals surface area contributed by atoms with Crippen LogP contribution in [0.15, 0.2) is 12.3 Å². The molecule has 2 N–H and O–H groups in total. The summed E-state index contributed by atoms with van der Waals surface area (Å²) < 4.78 is 1.60. The maximum Gasteiger partial charge on any atom is 0.330 e. The minimum Gasteiger partial charge on any atom is -0.479 e. The summed E-state index contributed by atoms with van der Waals surface area (Å²) in [4.78, 5) is 28.3. The van der Waals surface area contributed by atoms with Gasteiger partial charge >= 0.3 is 5.97 Å². The second-order valence-electron chi connectivity index (χ2n) is 5.46. The molecule has 1 aliphatic rings. The molecule has 0 saturated carbocycles. The Kier molecular flexibility index (Phi) is 3.56. The van der Waals surface area contributed by atoms with Crippen LogP contribution in [-0.4, -0.2) is 48.6 Å². The number of carbonyl (C=O) groups excluding carboxylic acids is 1. The van der Waals surface area contributed by atoms with Crippen molar-refractivity contribution in [3.63, 3.8) is 0 Å². The smallest absolute Gasteiger partial charge is 0.330 e. The zero-order valence-electron chi connectivity index (χ0n) is 12.3. The molecule has 3 heterocycles. The van der Waals surface area contributed by atoms with Gasteiger partial charge in [-0.05, 0) is 26.0 Å². The van der Waals surface area contributed by atoms with Gasteiger partial charge < -0.3 is 10.4 Å². The molecular weight excluding hydrogens is 304 g/mol. The third kappa shape index (κ3) is 2.33. The minimum absolute atomic E-state index is 0.341. The normalized spacial score (nSPS) is 21.2. The zero-order chi connectivity index (χ0) is 15.9. The number of carboxylic acids is 1. The monoisotopic (exact) mass is 320 g/mol. The molecule has 0 aromatic carbocycles. The highest BCUT2D eigenvalue weighted by Crippen LogP contribution is 2.28. The summed E-state index contributed by atoms with van der Waals surface area (Å²) in [6.45, 7) is 3.62. The van der Waals surface area contributed by atoms with Crippen LogP contribution < -0.4 is 5.32 Å². The quantitative estimate of drug-likeness (QED) is 0.877. The molecule has 8 heteroatoms. The Labute approximate surface area is 131 Å². The molecular formula is C14H16N4O3S. The van der Waals surface area contributed by atoms with Gasteiger partial charge in [-0.2, -0.15) is 16.9 Å². The first-order valence-corrected chi connectivity index (χ1v) is 8.04. The summed E-state index contributed by atoms with van der Waals surface area (Å²) >= 11 is 1.53. The number of thioether (sulfide) groups is 1. The lowest BCUT2D eigenvalue weighted by Crippen LogP contribution is -2.54. The third-order valence-electron chi connectivity index (χ3n) is 3.87. The van der Waals surface area contributed by atoms with E-state index in [4.69, 9.17) is 0 Å². The fourth-order valence-electron chi connectivity index (χ4n) is 2.56. The second kappa shape index (κ2) is 5.28. The molecule has 1 unspecified atom stereocenters. The number of amides is 1. The van der Waals surface area contributed by atoms with E-state index in [-0.39, 0.29) is 0 Å². The molecule has 1 amide bonds. The van der Waals surface area contributed by atoms with Gasteiger partial charge in [0.15, 0.2) is 5.65 Å². The van der Waals surface area contributed by atoms with Crippen LogP contribution in [0.4, 0.5) is 0 Å². The summed E-state index contributed by atoms with van der Waals surface area (Å²) in [5, 5.41) is 16.4. The Morgan fingerprint density at radius 3 is 2.86 bits per heavy atom. The molecule has 116 valence electrons. The van der Waals surface area contributed by atoms with Gasteiger partial charge in [0.1, 0.15) is 5.54 Å². The van der Waals surface area contributed by atoms with E-state index in [9.17, 15) is 14.7 Å². The largest absolute Gasteiger partial charge is 0.479 e. The summed E-state index contributed by atoms with van der Waals surface area (Å²) in [5.74, 6) is -0.317. The van der Waals surface area contributed by atoms with Crippen LogP contribution in [0.3, 0.4) is 0 Å². The van der Waals surface area contributed by atoms with Gasteiger partial charge in [0.25, 0.3) is 5.91 Å². The average molecular weight is 320 g/mol. The Morgan fingerprint density at radius 1 is 1.45 bits per heavy atom. The van der Waals surface area contributed by atoms with Crippen LogP contribution in [0, 0.1) is 13.8 Å². The standard InChI is InChI=1S/C14H16N4O3S/c1-8-5-11-15-6-10(9(2)18(11)17-8)12(19)16-14(13(20)21)3-4-22-7-14/h5-6H,3-4,7H2,1-2H3,(H,16,19)(H,20,21). The fourth-order valence-corrected chi connectivity index (χ4v) is 3.88. The number of aliphatic carboxylic acids is 1. The number of nitrogens with one attached hydrogen (secondary N) is 1. The predicted molar refractivity (Wildman–Crippen MR) is 82.2 cm³/mol. The van der Waals surface area contributed by atoms with Crippen molar-refractivity contribution in [1.82, 2.24) is 19.9 Å². The lowest BCUT2D eigenvalue weighted by atomic mass is 9.98. The van der Waals surface area contributed by atoms with E-state index >= 15 is 0 Å². The Balaban J connectivity index is 1.95. The number of hydrogen-bond acceptors (Lipinski definition) is 5. The highest BCUT2D eigenvalue weighted by molar-refractivity contribution is 7.99. The molecule has 1 aliphatic heterocycles. The van der Waals surface area contributed by atoms with Crippen LogP contribution in [0.25, 0.3) is 5.65 Å². The highest BCUT2D eigenvalue weighted by atomic mass is 32.2. The second-order valence-corrected chi connectivity index (χ2v) is 6.56. The first kappa shape index (κ1) is 14.8. The van der Waals surface area contributed by atoms with Crippen LogP contribution in [0.5, 0.6) is 0 Å². The van der Waals surface area contributed by atoms with E-state index in [1.807, 2.05) is 13.0 Å². The van der Waals surface area contributed by atoms with Gasteiger partial charge in [-0.15, -0.1) is 0 Å². The van der Waals surface area contributed by atoms with Crippen molar-refractivity contribution in [3.8, 4) is 0 Å². The van der Waals surface area contributed by atoms with Crippen molar-refractivity contribution in [3.05, 3.63) is 29.2 Å². The average Bonchev–Trinajstić information content (AvgIpc) is 3.06. The van der Waals surface area contributed by atoms with Gasteiger partial charge in [-0.25, -0.2) is 14.3 Å². The number of carboxylic acid groups (broad SMARTS) is 1. The first-order chi connectivity index (χ1) is 10.4. The molecule has 0 radical (unpaired) electrons. The van der Waals surface area contributed by atoms with Crippen molar-refractivity contribution in [2.45, 2.75) is 25.8 Å². The van der Waals surface area contributed by atoms with Gasteiger partial charge in [0, 0.05) is 18.0 Å². The molecule has 0 spiro atoms. The zero-order valence-corrected chi connectivity index (χ0v) is 13.1. The van der Waals surface area contributed by atoms with Gasteiger partial charge in [-0.3, -0.25) is 4.79 Å². The topological polar surface area (TPSA) is 96.6 Å². The Morgan fingerprint density at radius 2 is 2.23 bits per heavy atom. The lowest BCUT2D eigenvalue weighted by molar-refractivity contribution is -0.143. The van der Waals surface area contributed by atoms with E-state index in [0.29, 0.717) is 29.1 Å². The van der Waals surface area contributed by atoms with E-state index in [2.05, 4.69) is 15.4 Å². The van der Waals surface area contributed by atoms with Crippen LogP contribution >= 0.6 is 11.8 Å². The molecule has 22 heavy (non-hydrogen) atoms. The van der Waals surface area contributed by atoms with Crippen LogP contribution in [0.2, 0.25) is 0 Å². The first-order valence-electron chi connectivity index (χ1n) is 6.88. The van der Waals surface area contributed by atoms with Crippen molar-refractivity contribution < 1.29 is 14.7 Å². The minimum atomic E-state index is -1.19. The van der Waals surface area contributed by atoms with Crippen molar-refractivity contribution in [2.24, 2.45) is 0 Å². The van der Waals surface area contributed by atoms with Crippen molar-refractivity contribution in [1.29, 1.82) is 0 Å². The van der Waals surface area contributed by atoms with E-state index in [1.54, 1.807) is 11.4 Å². The number of hydrogen-bond donors (Lipinski definition) is 2. The maximum atomic E-state index is 12.5. The fraction of sp³-hybridized carbons (Fsp3) is 0.429. The molecule has 0 aliphatic carbocycles. The summed E-state index contributed by atoms with van der Waals surface area (Å²) in [6, 6.07) is 1.82. The van der Waals surface area contributed by atoms with Gasteiger partial charge in [0.05, 0.1) is 17.0 Å². The molecule has 1 saturated heterocycles. The molecule has 0 bridgehead atoms. The number of rotatable bonds is 3. The van der Waals surface area contributed by atoms with Crippen molar-refractivity contribution >= 4 is 29.3 Å². The van der Waals surface area contributed by atoms with Crippen LogP contribution in [0.1, 0.15) is 28.2 Å². The summed E-state index contributed by atoms with van der Waals surface area (Å²) in [7, 11) is 0. The van der Waals surface area contributed by atoms with Gasteiger partial charge in [-0.1, -0.05) is 0 Å². The summed E-state index contributed by atoms with van der Waals surface area (Å²) in [6.07, 6.45) is 1.90. The van der Waals surface area contributed by atoms with E-state index in [1.165, 1.54) is 18.0 Å². The van der Waals surface area contributed by atoms with E-state index in [0.717, 1.165) is 11.4 Å². The summed E-state index contributed by atoms with van der Waals surface area (Å²) in [5.41, 5.74) is 1.26. The Bertz CT molecular complexity index is 765. The number of aromatic nitrogens is 3. The molecule has 1 fully saturated rings. The van der Waals surface area contributed by atoms with Gasteiger partial charge in [0.2, 0.25) is 0 Å². The number of fused-ring (bicyclic) bond motifs is 1. The molecule has 2 aromatic heterocycles. The number of nitrogens with zero attached hydrogens (tertiary/aromatic N) is 3. The predicted octanol–water partition coefficient (Wildman–Crippen LogP) is 1.04. The third-order valence-corrected chi connectivity index (χ3v) is 5.06. The number of aryl methyl sites for hydroxylation is 2. The SMILES string of the molecule is Cc1cc2ncc(C(=O)NC3(C(=O)O)CCSC3)c(C)n2n1. The van der Waals surface area contributed by atoms with Crippen LogP contribution in [-0.2, 0) is 4.79 Å². The van der Waals surface area contributed by atoms with E-state index < -0.39 is 17.4 Å². The highest BCUT2D eigenvalue weighted by Gasteiger charge is 2.43. The molecule has 2 aromatic rings. The number of carbonyl (C=O) groups is 2. The lowest BCUT2D eigenvalue weighted by Gasteiger charge is -2.24. The Hall–Kier alpha value is -2.09. The molecule has 7 nitrogen and oxygen atoms in total. The maximum absolute atomic E-state index is 12.5. The molecule has 1 atom stereocenters. The van der Waals surface area contributed by atoms with Crippen molar-refractivity contribution in [2.75, 3.05) is 11.5 Å².